The van der Waals surface area contributed by atoms with Gasteiger partial charge in [0.05, 0.1) is 0 Å². The Hall–Kier alpha value is -0.360. The van der Waals surface area contributed by atoms with Crippen LogP contribution < -0.4 is 0 Å². The number of rotatable bonds is 12. The summed E-state index contributed by atoms with van der Waals surface area (Å²) in [4.78, 5) is 11.7. The van der Waals surface area contributed by atoms with Crippen molar-refractivity contribution in [3.8, 4) is 0 Å². The minimum absolute atomic E-state index is 0.202. The van der Waals surface area contributed by atoms with Crippen LogP contribution in [0.4, 0.5) is 0 Å². The summed E-state index contributed by atoms with van der Waals surface area (Å²) in [5, 5.41) is 0. The Morgan fingerprint density at radius 1 is 0.950 bits per heavy atom. The summed E-state index contributed by atoms with van der Waals surface area (Å²) in [6.07, 6.45) is 12.2. The molecular weight excluding hydrogens is 267 g/mol. The second-order valence-electron chi connectivity index (χ2n) is 6.17. The normalized spacial score (nSPS) is 12.2. The van der Waals surface area contributed by atoms with Crippen molar-refractivity contribution in [2.75, 3.05) is 24.8 Å². The molecule has 0 saturated heterocycles. The molecule has 0 N–H and O–H groups in total. The zero-order valence-electron chi connectivity index (χ0n) is 14.1. The van der Waals surface area contributed by atoms with Crippen LogP contribution in [-0.4, -0.2) is 30.8 Å². The number of ether oxygens (including phenoxy) is 1. The summed E-state index contributed by atoms with van der Waals surface area (Å²) >= 11 is 0. The molecular formula is C17H35O2P. The average molecular weight is 302 g/mol. The monoisotopic (exact) mass is 302 g/mol. The summed E-state index contributed by atoms with van der Waals surface area (Å²) in [5.74, 6) is -0.202. The molecule has 0 aromatic carbocycles. The fourth-order valence-corrected chi connectivity index (χ4v) is 7.52. The van der Waals surface area contributed by atoms with Gasteiger partial charge in [-0.15, -0.1) is 0 Å². The molecule has 0 rings (SSSR count). The molecule has 0 amide bonds. The Bertz CT molecular complexity index is 265. The molecule has 0 fully saturated rings. The molecule has 0 spiro atoms. The summed E-state index contributed by atoms with van der Waals surface area (Å²) in [5.41, 5.74) is 0.523. The fraction of sp³-hybridized carbons (Fsp3) is 0.824. The van der Waals surface area contributed by atoms with E-state index in [0.29, 0.717) is 11.9 Å². The molecule has 0 bridgehead atoms. The van der Waals surface area contributed by atoms with E-state index in [0.717, 1.165) is 0 Å². The van der Waals surface area contributed by atoms with Crippen LogP contribution in [0, 0.1) is 0 Å². The van der Waals surface area contributed by atoms with Crippen LogP contribution in [-0.2, 0) is 9.53 Å². The number of carbonyl (C=O) groups is 1. The van der Waals surface area contributed by atoms with Crippen LogP contribution in [0.2, 0.25) is 0 Å². The number of hydrogen-bond donors (Lipinski definition) is 0. The third-order valence-electron chi connectivity index (χ3n) is 4.04. The standard InChI is InChI=1S/C17H35O2P/c1-6-9-12-20(13-10-7-2,14-11-8-3)15-19-17(18)16(4)5/h20H,4,6-15H2,1-3,5H3. The molecule has 0 atom stereocenters. The third kappa shape index (κ3) is 8.04. The van der Waals surface area contributed by atoms with Crippen LogP contribution >= 0.6 is 7.26 Å². The maximum absolute atomic E-state index is 11.7. The van der Waals surface area contributed by atoms with Gasteiger partial charge in [-0.3, -0.25) is 0 Å². The van der Waals surface area contributed by atoms with Crippen molar-refractivity contribution in [1.29, 1.82) is 0 Å². The molecule has 120 valence electrons. The Labute approximate surface area is 126 Å². The molecule has 0 aliphatic heterocycles. The Morgan fingerprint density at radius 2 is 1.35 bits per heavy atom. The first-order valence-electron chi connectivity index (χ1n) is 8.34. The van der Waals surface area contributed by atoms with Crippen molar-refractivity contribution in [2.24, 2.45) is 0 Å². The molecule has 0 aliphatic carbocycles. The van der Waals surface area contributed by atoms with Crippen molar-refractivity contribution in [3.05, 3.63) is 12.2 Å². The van der Waals surface area contributed by atoms with Gasteiger partial charge in [-0.2, -0.15) is 0 Å². The summed E-state index contributed by atoms with van der Waals surface area (Å²) < 4.78 is 5.58. The van der Waals surface area contributed by atoms with E-state index >= 15 is 0 Å². The molecule has 0 unspecified atom stereocenters. The van der Waals surface area contributed by atoms with Gasteiger partial charge < -0.3 is 0 Å². The molecule has 0 aromatic heterocycles. The Balaban J connectivity index is 4.73. The van der Waals surface area contributed by atoms with E-state index in [1.54, 1.807) is 6.92 Å². The van der Waals surface area contributed by atoms with Crippen LogP contribution in [0.3, 0.4) is 0 Å². The predicted molar refractivity (Wildman–Crippen MR) is 93.4 cm³/mol. The van der Waals surface area contributed by atoms with Crippen LogP contribution in [0.25, 0.3) is 0 Å². The van der Waals surface area contributed by atoms with Crippen molar-refractivity contribution in [2.45, 2.75) is 66.2 Å². The second kappa shape index (κ2) is 11.3. The van der Waals surface area contributed by atoms with Gasteiger partial charge in [-0.25, -0.2) is 0 Å². The summed E-state index contributed by atoms with van der Waals surface area (Å²) in [6, 6.07) is 0. The van der Waals surface area contributed by atoms with Crippen LogP contribution in [0.15, 0.2) is 12.2 Å². The van der Waals surface area contributed by atoms with E-state index in [1.807, 2.05) is 0 Å². The zero-order chi connectivity index (χ0) is 15.4. The number of carbonyl (C=O) groups excluding carboxylic acids is 1. The molecule has 2 nitrogen and oxygen atoms in total. The zero-order valence-corrected chi connectivity index (χ0v) is 15.1. The summed E-state index contributed by atoms with van der Waals surface area (Å²) in [7, 11) is -1.45. The first-order valence-corrected chi connectivity index (χ1v) is 11.2. The van der Waals surface area contributed by atoms with Crippen molar-refractivity contribution < 1.29 is 9.53 Å². The van der Waals surface area contributed by atoms with Gasteiger partial charge in [0.1, 0.15) is 0 Å². The van der Waals surface area contributed by atoms with E-state index < -0.39 is 7.26 Å². The first-order chi connectivity index (χ1) is 9.51. The van der Waals surface area contributed by atoms with Crippen molar-refractivity contribution in [3.63, 3.8) is 0 Å². The number of esters is 1. The topological polar surface area (TPSA) is 26.3 Å². The molecule has 3 heteroatoms. The Morgan fingerprint density at radius 3 is 1.65 bits per heavy atom. The maximum atomic E-state index is 11.7. The van der Waals surface area contributed by atoms with E-state index in [9.17, 15) is 4.79 Å². The SMILES string of the molecule is C=C(C)C(=O)OC[PH](CCCC)(CCCC)CCCC. The van der Waals surface area contributed by atoms with Gasteiger partial charge in [0, 0.05) is 0 Å². The number of hydrogen-bond acceptors (Lipinski definition) is 2. The van der Waals surface area contributed by atoms with Crippen molar-refractivity contribution >= 4 is 13.2 Å². The van der Waals surface area contributed by atoms with Gasteiger partial charge in [0.2, 0.25) is 0 Å². The third-order valence-corrected chi connectivity index (χ3v) is 9.04. The van der Waals surface area contributed by atoms with E-state index in [-0.39, 0.29) is 5.97 Å². The van der Waals surface area contributed by atoms with E-state index in [1.165, 1.54) is 57.0 Å². The quantitative estimate of drug-likeness (QED) is 0.281. The van der Waals surface area contributed by atoms with Gasteiger partial charge in [-0.1, -0.05) is 0 Å². The van der Waals surface area contributed by atoms with E-state index in [4.69, 9.17) is 4.74 Å². The van der Waals surface area contributed by atoms with Gasteiger partial charge >= 0.3 is 126 Å². The molecule has 0 aromatic rings. The van der Waals surface area contributed by atoms with E-state index in [2.05, 4.69) is 27.4 Å². The molecule has 0 heterocycles. The average Bonchev–Trinajstić information content (AvgIpc) is 2.45. The predicted octanol–water partition coefficient (Wildman–Crippen LogP) is 5.21. The molecule has 0 saturated carbocycles. The number of unbranched alkanes of at least 4 members (excludes halogenated alkanes) is 3. The van der Waals surface area contributed by atoms with Gasteiger partial charge in [0.15, 0.2) is 0 Å². The summed E-state index contributed by atoms with van der Waals surface area (Å²) in [6.45, 7) is 12.2. The van der Waals surface area contributed by atoms with Crippen LogP contribution in [0.5, 0.6) is 0 Å². The van der Waals surface area contributed by atoms with Gasteiger partial charge in [-0.05, 0) is 0 Å². The van der Waals surface area contributed by atoms with Crippen LogP contribution in [0.1, 0.15) is 66.2 Å². The fourth-order valence-electron chi connectivity index (χ4n) is 2.59. The molecule has 0 radical (unpaired) electrons. The van der Waals surface area contributed by atoms with Crippen molar-refractivity contribution in [1.82, 2.24) is 0 Å². The van der Waals surface area contributed by atoms with Gasteiger partial charge in [0.25, 0.3) is 0 Å². The minimum atomic E-state index is -1.45. The Kier molecular flexibility index (Phi) is 11.1. The molecule has 0 aliphatic rings. The second-order valence-corrected chi connectivity index (χ2v) is 11.0. The molecule has 20 heavy (non-hydrogen) atoms. The first kappa shape index (κ1) is 19.6.